The standard InChI is InChI=1S/C8H14N2O2/c1-12-6-2-4-10-5-3-9-8(10)7-11/h3,5,11H,2,4,6-7H2,1H3. The summed E-state index contributed by atoms with van der Waals surface area (Å²) in [7, 11) is 1.68. The van der Waals surface area contributed by atoms with E-state index in [9.17, 15) is 0 Å². The number of aryl methyl sites for hydroxylation is 1. The van der Waals surface area contributed by atoms with Gasteiger partial charge in [0.25, 0.3) is 0 Å². The Morgan fingerprint density at radius 1 is 1.67 bits per heavy atom. The summed E-state index contributed by atoms with van der Waals surface area (Å²) in [5.41, 5.74) is 0. The van der Waals surface area contributed by atoms with Crippen LogP contribution in [0, 0.1) is 0 Å². The van der Waals surface area contributed by atoms with Crippen molar-refractivity contribution in [3.63, 3.8) is 0 Å². The SMILES string of the molecule is COCCCn1ccnc1CO. The van der Waals surface area contributed by atoms with Crippen molar-refractivity contribution in [2.24, 2.45) is 0 Å². The number of imidazole rings is 1. The van der Waals surface area contributed by atoms with Crippen molar-refractivity contribution >= 4 is 0 Å². The molecule has 0 aliphatic rings. The highest BCUT2D eigenvalue weighted by Gasteiger charge is 1.98. The lowest BCUT2D eigenvalue weighted by Crippen LogP contribution is -2.04. The Labute approximate surface area is 71.8 Å². The normalized spacial score (nSPS) is 10.5. The summed E-state index contributed by atoms with van der Waals surface area (Å²) in [6.45, 7) is 1.59. The number of aromatic nitrogens is 2. The van der Waals surface area contributed by atoms with Crippen LogP contribution in [0.1, 0.15) is 12.2 Å². The zero-order valence-electron chi connectivity index (χ0n) is 7.23. The Kier molecular flexibility index (Phi) is 3.76. The lowest BCUT2D eigenvalue weighted by Gasteiger charge is -2.04. The monoisotopic (exact) mass is 170 g/mol. The average Bonchev–Trinajstić information content (AvgIpc) is 2.52. The molecule has 12 heavy (non-hydrogen) atoms. The number of hydrogen-bond donors (Lipinski definition) is 1. The van der Waals surface area contributed by atoms with Crippen molar-refractivity contribution in [1.29, 1.82) is 0 Å². The Morgan fingerprint density at radius 2 is 2.50 bits per heavy atom. The van der Waals surface area contributed by atoms with Crippen LogP contribution in [0.25, 0.3) is 0 Å². The molecular formula is C8H14N2O2. The number of aliphatic hydroxyl groups is 1. The highest BCUT2D eigenvalue weighted by atomic mass is 16.5. The van der Waals surface area contributed by atoms with Crippen LogP contribution in [0.5, 0.6) is 0 Å². The van der Waals surface area contributed by atoms with Crippen LogP contribution in [-0.4, -0.2) is 28.4 Å². The first-order valence-electron chi connectivity index (χ1n) is 3.98. The van der Waals surface area contributed by atoms with E-state index >= 15 is 0 Å². The third-order valence-corrected chi connectivity index (χ3v) is 1.69. The summed E-state index contributed by atoms with van der Waals surface area (Å²) in [6.07, 6.45) is 4.50. The first kappa shape index (κ1) is 9.22. The summed E-state index contributed by atoms with van der Waals surface area (Å²) in [5, 5.41) is 8.85. The van der Waals surface area contributed by atoms with Crippen LogP contribution < -0.4 is 0 Å². The second-order valence-corrected chi connectivity index (χ2v) is 2.54. The molecule has 1 aromatic rings. The number of rotatable bonds is 5. The maximum absolute atomic E-state index is 8.85. The predicted octanol–water partition coefficient (Wildman–Crippen LogP) is 0.412. The first-order chi connectivity index (χ1) is 5.88. The third-order valence-electron chi connectivity index (χ3n) is 1.69. The van der Waals surface area contributed by atoms with Gasteiger partial charge in [0, 0.05) is 32.7 Å². The Morgan fingerprint density at radius 3 is 3.17 bits per heavy atom. The van der Waals surface area contributed by atoms with E-state index in [4.69, 9.17) is 9.84 Å². The number of methoxy groups -OCH3 is 1. The van der Waals surface area contributed by atoms with E-state index in [0.717, 1.165) is 19.6 Å². The second kappa shape index (κ2) is 4.90. The van der Waals surface area contributed by atoms with Crippen LogP contribution in [0.3, 0.4) is 0 Å². The molecule has 0 aliphatic carbocycles. The molecule has 0 saturated carbocycles. The first-order valence-corrected chi connectivity index (χ1v) is 3.98. The van der Waals surface area contributed by atoms with Crippen LogP contribution >= 0.6 is 0 Å². The summed E-state index contributed by atoms with van der Waals surface area (Å²) in [4.78, 5) is 3.99. The molecule has 4 nitrogen and oxygen atoms in total. The van der Waals surface area contributed by atoms with Gasteiger partial charge in [-0.3, -0.25) is 0 Å². The van der Waals surface area contributed by atoms with Gasteiger partial charge in [-0.05, 0) is 6.42 Å². The lowest BCUT2D eigenvalue weighted by atomic mass is 10.4. The van der Waals surface area contributed by atoms with Crippen molar-refractivity contribution in [3.8, 4) is 0 Å². The number of ether oxygens (including phenoxy) is 1. The van der Waals surface area contributed by atoms with Crippen molar-refractivity contribution in [2.75, 3.05) is 13.7 Å². The van der Waals surface area contributed by atoms with Crippen molar-refractivity contribution in [3.05, 3.63) is 18.2 Å². The quantitative estimate of drug-likeness (QED) is 0.651. The average molecular weight is 170 g/mol. The molecule has 68 valence electrons. The second-order valence-electron chi connectivity index (χ2n) is 2.54. The van der Waals surface area contributed by atoms with Gasteiger partial charge in [0.05, 0.1) is 0 Å². The molecule has 0 saturated heterocycles. The predicted molar refractivity (Wildman–Crippen MR) is 44.6 cm³/mol. The maximum atomic E-state index is 8.85. The molecule has 0 aliphatic heterocycles. The van der Waals surface area contributed by atoms with E-state index in [1.807, 2.05) is 10.8 Å². The van der Waals surface area contributed by atoms with Gasteiger partial charge < -0.3 is 14.4 Å². The summed E-state index contributed by atoms with van der Waals surface area (Å²) < 4.78 is 6.85. The van der Waals surface area contributed by atoms with Crippen LogP contribution in [0.4, 0.5) is 0 Å². The molecule has 0 spiro atoms. The van der Waals surface area contributed by atoms with E-state index in [0.29, 0.717) is 5.82 Å². The Hall–Kier alpha value is -0.870. The van der Waals surface area contributed by atoms with Gasteiger partial charge in [-0.2, -0.15) is 0 Å². The van der Waals surface area contributed by atoms with E-state index in [1.165, 1.54) is 0 Å². The van der Waals surface area contributed by atoms with Gasteiger partial charge >= 0.3 is 0 Å². The van der Waals surface area contributed by atoms with Crippen molar-refractivity contribution < 1.29 is 9.84 Å². The zero-order chi connectivity index (χ0) is 8.81. The fraction of sp³-hybridized carbons (Fsp3) is 0.625. The largest absolute Gasteiger partial charge is 0.388 e. The van der Waals surface area contributed by atoms with Crippen molar-refractivity contribution in [1.82, 2.24) is 9.55 Å². The molecule has 0 aromatic carbocycles. The minimum Gasteiger partial charge on any atom is -0.388 e. The topological polar surface area (TPSA) is 47.3 Å². The van der Waals surface area contributed by atoms with Crippen LogP contribution in [-0.2, 0) is 17.9 Å². The van der Waals surface area contributed by atoms with E-state index in [-0.39, 0.29) is 6.61 Å². The minimum absolute atomic E-state index is 0.0000177. The van der Waals surface area contributed by atoms with Crippen molar-refractivity contribution in [2.45, 2.75) is 19.6 Å². The van der Waals surface area contributed by atoms with Gasteiger partial charge in [0.1, 0.15) is 12.4 Å². The van der Waals surface area contributed by atoms with E-state index in [2.05, 4.69) is 4.98 Å². The molecule has 0 atom stereocenters. The molecule has 1 N–H and O–H groups in total. The van der Waals surface area contributed by atoms with Crippen LogP contribution in [0.15, 0.2) is 12.4 Å². The molecular weight excluding hydrogens is 156 g/mol. The number of nitrogens with zero attached hydrogens (tertiary/aromatic N) is 2. The van der Waals surface area contributed by atoms with Crippen LogP contribution in [0.2, 0.25) is 0 Å². The number of hydrogen-bond acceptors (Lipinski definition) is 3. The molecule has 0 amide bonds. The molecule has 4 heteroatoms. The van der Waals surface area contributed by atoms with Gasteiger partial charge in [-0.15, -0.1) is 0 Å². The zero-order valence-corrected chi connectivity index (χ0v) is 7.23. The maximum Gasteiger partial charge on any atom is 0.134 e. The molecule has 0 unspecified atom stereocenters. The van der Waals surface area contributed by atoms with Gasteiger partial charge in [-0.25, -0.2) is 4.98 Å². The fourth-order valence-corrected chi connectivity index (χ4v) is 1.07. The molecule has 0 radical (unpaired) electrons. The van der Waals surface area contributed by atoms with Gasteiger partial charge in [0.15, 0.2) is 0 Å². The summed E-state index contributed by atoms with van der Waals surface area (Å²) in [6, 6.07) is 0. The smallest absolute Gasteiger partial charge is 0.134 e. The highest BCUT2D eigenvalue weighted by Crippen LogP contribution is 1.98. The van der Waals surface area contributed by atoms with E-state index < -0.39 is 0 Å². The lowest BCUT2D eigenvalue weighted by molar-refractivity contribution is 0.188. The number of aliphatic hydroxyl groups excluding tert-OH is 1. The molecule has 0 fully saturated rings. The third kappa shape index (κ3) is 2.32. The van der Waals surface area contributed by atoms with E-state index in [1.54, 1.807) is 13.3 Å². The molecule has 1 rings (SSSR count). The van der Waals surface area contributed by atoms with Gasteiger partial charge in [-0.1, -0.05) is 0 Å². The molecule has 0 bridgehead atoms. The minimum atomic E-state index is -0.0000177. The highest BCUT2D eigenvalue weighted by molar-refractivity contribution is 4.89. The Balaban J connectivity index is 2.39. The summed E-state index contributed by atoms with van der Waals surface area (Å²) in [5.74, 6) is 0.714. The Bertz CT molecular complexity index is 223. The molecule has 1 heterocycles. The summed E-state index contributed by atoms with van der Waals surface area (Å²) >= 11 is 0. The van der Waals surface area contributed by atoms with Gasteiger partial charge in [0.2, 0.25) is 0 Å². The molecule has 1 aromatic heterocycles. The fourth-order valence-electron chi connectivity index (χ4n) is 1.07.